The molecule has 4 heteroatoms. The number of nitrogens with two attached hydrogens (primary N) is 1. The van der Waals surface area contributed by atoms with E-state index in [0.717, 1.165) is 0 Å². The molecule has 4 nitrogen and oxygen atoms in total. The zero-order chi connectivity index (χ0) is 7.28. The molecule has 0 radical (unpaired) electrons. The van der Waals surface area contributed by atoms with Gasteiger partial charge in [0.1, 0.15) is 0 Å². The number of aliphatic carboxylic acids is 1. The molecule has 3 N–H and O–H groups in total. The monoisotopic (exact) mass is 130 g/mol. The maximum absolute atomic E-state index is 9.92. The highest BCUT2D eigenvalue weighted by molar-refractivity contribution is 5.84. The molecule has 0 saturated carbocycles. The fraction of sp³-hybridized carbons (Fsp3) is 0.600. The highest BCUT2D eigenvalue weighted by atomic mass is 16.4. The zero-order valence-electron chi connectivity index (χ0n) is 5.29. The molecule has 0 fully saturated rings. The average molecular weight is 130 g/mol. The van der Waals surface area contributed by atoms with Gasteiger partial charge in [-0.2, -0.15) is 5.10 Å². The van der Waals surface area contributed by atoms with Gasteiger partial charge in [0.2, 0.25) is 0 Å². The lowest BCUT2D eigenvalue weighted by molar-refractivity contribution is -0.136. The first-order valence-electron chi connectivity index (χ1n) is 2.62. The van der Waals surface area contributed by atoms with E-state index in [9.17, 15) is 4.79 Å². The van der Waals surface area contributed by atoms with Crippen LogP contribution < -0.4 is 5.84 Å². The first-order chi connectivity index (χ1) is 4.16. The zero-order valence-corrected chi connectivity index (χ0v) is 5.29. The molecule has 0 rings (SSSR count). The van der Waals surface area contributed by atoms with E-state index in [4.69, 9.17) is 10.9 Å². The van der Waals surface area contributed by atoms with Crippen molar-refractivity contribution in [3.05, 3.63) is 0 Å². The van der Waals surface area contributed by atoms with Crippen LogP contribution in [0.5, 0.6) is 0 Å². The SMILES string of the molecule is CC(CCC(=O)O)=NN. The summed E-state index contributed by atoms with van der Waals surface area (Å²) in [5.74, 6) is 4.03. The number of carboxylic acids is 1. The number of hydrazone groups is 1. The maximum Gasteiger partial charge on any atom is 0.303 e. The van der Waals surface area contributed by atoms with E-state index in [1.807, 2.05) is 0 Å². The Balaban J connectivity index is 3.39. The minimum absolute atomic E-state index is 0.104. The standard InChI is InChI=1S/C5H10N2O2/c1-4(7-6)2-3-5(8)9/h2-3,6H2,1H3,(H,8,9). The van der Waals surface area contributed by atoms with E-state index in [0.29, 0.717) is 12.1 Å². The van der Waals surface area contributed by atoms with Crippen molar-refractivity contribution in [3.63, 3.8) is 0 Å². The molecular formula is C5H10N2O2. The lowest BCUT2D eigenvalue weighted by atomic mass is 10.2. The largest absolute Gasteiger partial charge is 0.481 e. The summed E-state index contributed by atoms with van der Waals surface area (Å²) in [6.45, 7) is 1.70. The molecule has 0 bridgehead atoms. The summed E-state index contributed by atoms with van der Waals surface area (Å²) in [5.41, 5.74) is 0.664. The lowest BCUT2D eigenvalue weighted by Gasteiger charge is -1.91. The van der Waals surface area contributed by atoms with Gasteiger partial charge in [0.05, 0.1) is 6.42 Å². The van der Waals surface area contributed by atoms with Crippen LogP contribution in [0, 0.1) is 0 Å². The van der Waals surface area contributed by atoms with Crippen molar-refractivity contribution in [2.24, 2.45) is 10.9 Å². The molecule has 0 aromatic carbocycles. The van der Waals surface area contributed by atoms with Crippen molar-refractivity contribution >= 4 is 11.7 Å². The lowest BCUT2D eigenvalue weighted by Crippen LogP contribution is -2.01. The van der Waals surface area contributed by atoms with Crippen LogP contribution in [0.3, 0.4) is 0 Å². The van der Waals surface area contributed by atoms with Crippen molar-refractivity contribution in [1.29, 1.82) is 0 Å². The molecule has 0 aromatic rings. The van der Waals surface area contributed by atoms with Crippen LogP contribution in [0.2, 0.25) is 0 Å². The molecule has 9 heavy (non-hydrogen) atoms. The number of carboxylic acid groups (broad SMARTS) is 1. The topological polar surface area (TPSA) is 75.7 Å². The van der Waals surface area contributed by atoms with Gasteiger partial charge in [-0.05, 0) is 13.3 Å². The van der Waals surface area contributed by atoms with E-state index in [1.54, 1.807) is 6.92 Å². The van der Waals surface area contributed by atoms with Gasteiger partial charge in [-0.25, -0.2) is 0 Å². The van der Waals surface area contributed by atoms with Gasteiger partial charge in [0.15, 0.2) is 0 Å². The first kappa shape index (κ1) is 7.94. The quantitative estimate of drug-likeness (QED) is 0.325. The Morgan fingerprint density at radius 2 is 2.22 bits per heavy atom. The highest BCUT2D eigenvalue weighted by Crippen LogP contribution is 1.90. The molecule has 0 atom stereocenters. The molecule has 0 aliphatic rings. The summed E-state index contributed by atoms with van der Waals surface area (Å²) >= 11 is 0. The minimum atomic E-state index is -0.821. The van der Waals surface area contributed by atoms with E-state index in [2.05, 4.69) is 5.10 Å². The van der Waals surface area contributed by atoms with Gasteiger partial charge in [0, 0.05) is 5.71 Å². The normalized spacial score (nSPS) is 11.4. The first-order valence-corrected chi connectivity index (χ1v) is 2.62. The van der Waals surface area contributed by atoms with Gasteiger partial charge < -0.3 is 10.9 Å². The Morgan fingerprint density at radius 1 is 1.67 bits per heavy atom. The summed E-state index contributed by atoms with van der Waals surface area (Å²) in [7, 11) is 0. The molecule has 0 unspecified atom stereocenters. The van der Waals surface area contributed by atoms with Crippen LogP contribution >= 0.6 is 0 Å². The molecule has 0 aromatic heterocycles. The van der Waals surface area contributed by atoms with Gasteiger partial charge in [-0.1, -0.05) is 0 Å². The second kappa shape index (κ2) is 3.88. The van der Waals surface area contributed by atoms with E-state index in [-0.39, 0.29) is 6.42 Å². The molecule has 0 saturated heterocycles. The Hall–Kier alpha value is -1.06. The molecule has 0 heterocycles. The van der Waals surface area contributed by atoms with Crippen LogP contribution in [0.15, 0.2) is 5.10 Å². The Morgan fingerprint density at radius 3 is 2.56 bits per heavy atom. The van der Waals surface area contributed by atoms with E-state index in [1.165, 1.54) is 0 Å². The number of rotatable bonds is 3. The number of hydrogen-bond acceptors (Lipinski definition) is 3. The van der Waals surface area contributed by atoms with Crippen molar-refractivity contribution in [2.75, 3.05) is 0 Å². The smallest absolute Gasteiger partial charge is 0.303 e. The third kappa shape index (κ3) is 4.80. The van der Waals surface area contributed by atoms with Crippen LogP contribution in [0.1, 0.15) is 19.8 Å². The summed E-state index contributed by atoms with van der Waals surface area (Å²) in [6, 6.07) is 0. The number of hydrogen-bond donors (Lipinski definition) is 2. The van der Waals surface area contributed by atoms with Crippen molar-refractivity contribution in [3.8, 4) is 0 Å². The fourth-order valence-electron chi connectivity index (χ4n) is 0.352. The molecule has 0 aliphatic carbocycles. The van der Waals surface area contributed by atoms with Crippen LogP contribution in [-0.4, -0.2) is 16.8 Å². The van der Waals surface area contributed by atoms with Gasteiger partial charge in [-0.3, -0.25) is 4.79 Å². The van der Waals surface area contributed by atoms with E-state index < -0.39 is 5.97 Å². The van der Waals surface area contributed by atoms with Crippen molar-refractivity contribution in [2.45, 2.75) is 19.8 Å². The third-order valence-corrected chi connectivity index (χ3v) is 0.921. The summed E-state index contributed by atoms with van der Waals surface area (Å²) in [5, 5.41) is 11.5. The fourth-order valence-corrected chi connectivity index (χ4v) is 0.352. The van der Waals surface area contributed by atoms with Gasteiger partial charge in [-0.15, -0.1) is 0 Å². The number of nitrogens with zero attached hydrogens (tertiary/aromatic N) is 1. The predicted octanol–water partition coefficient (Wildman–Crippen LogP) is 0.186. The van der Waals surface area contributed by atoms with Crippen LogP contribution in [0.25, 0.3) is 0 Å². The van der Waals surface area contributed by atoms with Crippen molar-refractivity contribution in [1.82, 2.24) is 0 Å². The second-order valence-electron chi connectivity index (χ2n) is 1.76. The second-order valence-corrected chi connectivity index (χ2v) is 1.76. The van der Waals surface area contributed by atoms with E-state index >= 15 is 0 Å². The van der Waals surface area contributed by atoms with Crippen LogP contribution in [0.4, 0.5) is 0 Å². The molecule has 0 aliphatic heterocycles. The third-order valence-electron chi connectivity index (χ3n) is 0.921. The molecular weight excluding hydrogens is 120 g/mol. The Labute approximate surface area is 53.4 Å². The van der Waals surface area contributed by atoms with Gasteiger partial charge in [0.25, 0.3) is 0 Å². The summed E-state index contributed by atoms with van der Waals surface area (Å²) in [6.07, 6.45) is 0.540. The molecule has 0 spiro atoms. The predicted molar refractivity (Wildman–Crippen MR) is 34.2 cm³/mol. The molecule has 52 valence electrons. The summed E-state index contributed by atoms with van der Waals surface area (Å²) < 4.78 is 0. The average Bonchev–Trinajstić information content (AvgIpc) is 1.83. The van der Waals surface area contributed by atoms with Crippen molar-refractivity contribution < 1.29 is 9.90 Å². The molecule has 0 amide bonds. The Bertz CT molecular complexity index is 131. The van der Waals surface area contributed by atoms with Crippen LogP contribution in [-0.2, 0) is 4.79 Å². The highest BCUT2D eigenvalue weighted by Gasteiger charge is 1.96. The Kier molecular flexibility index (Phi) is 3.43. The number of carbonyl (C=O) groups is 1. The maximum atomic E-state index is 9.92. The summed E-state index contributed by atoms with van der Waals surface area (Å²) in [4.78, 5) is 9.92. The van der Waals surface area contributed by atoms with Gasteiger partial charge >= 0.3 is 5.97 Å². The minimum Gasteiger partial charge on any atom is -0.481 e.